The van der Waals surface area contributed by atoms with E-state index in [4.69, 9.17) is 0 Å². The van der Waals surface area contributed by atoms with Crippen LogP contribution in [0.4, 0.5) is 0 Å². The average Bonchev–Trinajstić information content (AvgIpc) is 2.89. The summed E-state index contributed by atoms with van der Waals surface area (Å²) in [7, 11) is 1.77. The van der Waals surface area contributed by atoms with Gasteiger partial charge >= 0.3 is 0 Å². The largest absolute Gasteiger partial charge is 0.347 e. The Balaban J connectivity index is 2.04. The molecule has 2 rings (SSSR count). The third-order valence-electron chi connectivity index (χ3n) is 3.05. The lowest BCUT2D eigenvalue weighted by molar-refractivity contribution is 0.0941. The highest BCUT2D eigenvalue weighted by atomic mass is 16.2. The van der Waals surface area contributed by atoms with Gasteiger partial charge in [-0.3, -0.25) is 14.2 Å². The molecule has 0 fully saturated rings. The van der Waals surface area contributed by atoms with Crippen molar-refractivity contribution >= 4 is 5.91 Å². The number of aromatic nitrogens is 4. The number of carbonyl (C=O) groups is 1. The lowest BCUT2D eigenvalue weighted by Gasteiger charge is -2.04. The van der Waals surface area contributed by atoms with E-state index in [-0.39, 0.29) is 5.91 Å². The Kier molecular flexibility index (Phi) is 3.69. The number of nitrogens with one attached hydrogen (secondary N) is 1. The van der Waals surface area contributed by atoms with Crippen molar-refractivity contribution in [2.75, 3.05) is 0 Å². The summed E-state index contributed by atoms with van der Waals surface area (Å²) in [6, 6.07) is 1.78. The van der Waals surface area contributed by atoms with Crippen LogP contribution in [0.15, 0.2) is 12.3 Å². The first-order chi connectivity index (χ1) is 9.01. The quantitative estimate of drug-likeness (QED) is 0.899. The Labute approximate surface area is 112 Å². The third-order valence-corrected chi connectivity index (χ3v) is 3.05. The van der Waals surface area contributed by atoms with Gasteiger partial charge in [-0.05, 0) is 26.8 Å². The molecule has 0 unspecified atom stereocenters. The van der Waals surface area contributed by atoms with Crippen LogP contribution in [0.3, 0.4) is 0 Å². The molecule has 0 bridgehead atoms. The van der Waals surface area contributed by atoms with Gasteiger partial charge in [-0.25, -0.2) is 0 Å². The van der Waals surface area contributed by atoms with Gasteiger partial charge in [0.2, 0.25) is 0 Å². The fraction of sp³-hybridized carbons (Fsp3) is 0.462. The standard InChI is InChI=1S/C13H19N5O/c1-5-18-8-11(10(3)16-18)7-14-13(19)12-6-9(2)15-17(12)4/h6,8H,5,7H2,1-4H3,(H,14,19). The molecule has 19 heavy (non-hydrogen) atoms. The van der Waals surface area contributed by atoms with E-state index >= 15 is 0 Å². The molecule has 0 radical (unpaired) electrons. The van der Waals surface area contributed by atoms with Crippen LogP contribution in [0.25, 0.3) is 0 Å². The smallest absolute Gasteiger partial charge is 0.269 e. The minimum atomic E-state index is -0.119. The molecule has 2 aromatic heterocycles. The maximum atomic E-state index is 12.0. The molecule has 102 valence electrons. The van der Waals surface area contributed by atoms with Crippen LogP contribution < -0.4 is 5.32 Å². The van der Waals surface area contributed by atoms with E-state index in [0.29, 0.717) is 12.2 Å². The molecule has 0 atom stereocenters. The first-order valence-corrected chi connectivity index (χ1v) is 6.33. The fourth-order valence-electron chi connectivity index (χ4n) is 1.98. The van der Waals surface area contributed by atoms with Crippen LogP contribution in [0.5, 0.6) is 0 Å². The van der Waals surface area contributed by atoms with Gasteiger partial charge in [-0.1, -0.05) is 0 Å². The highest BCUT2D eigenvalue weighted by Crippen LogP contribution is 2.06. The van der Waals surface area contributed by atoms with Crippen molar-refractivity contribution in [3.05, 3.63) is 34.9 Å². The Morgan fingerprint density at radius 1 is 1.37 bits per heavy atom. The van der Waals surface area contributed by atoms with Crippen LogP contribution >= 0.6 is 0 Å². The van der Waals surface area contributed by atoms with Crippen molar-refractivity contribution in [1.29, 1.82) is 0 Å². The van der Waals surface area contributed by atoms with Gasteiger partial charge < -0.3 is 5.32 Å². The third kappa shape index (κ3) is 2.83. The Morgan fingerprint density at radius 2 is 2.11 bits per heavy atom. The highest BCUT2D eigenvalue weighted by molar-refractivity contribution is 5.92. The fourth-order valence-corrected chi connectivity index (χ4v) is 1.98. The molecule has 0 saturated carbocycles. The molecular formula is C13H19N5O. The molecule has 0 spiro atoms. The number of amides is 1. The van der Waals surface area contributed by atoms with E-state index < -0.39 is 0 Å². The number of rotatable bonds is 4. The monoisotopic (exact) mass is 261 g/mol. The van der Waals surface area contributed by atoms with Gasteiger partial charge in [-0.15, -0.1) is 0 Å². The lowest BCUT2D eigenvalue weighted by Crippen LogP contribution is -2.25. The molecule has 0 aliphatic heterocycles. The SMILES string of the molecule is CCn1cc(CNC(=O)c2cc(C)nn2C)c(C)n1. The van der Waals surface area contributed by atoms with Crippen LogP contribution in [0.2, 0.25) is 0 Å². The maximum Gasteiger partial charge on any atom is 0.269 e. The second kappa shape index (κ2) is 5.26. The number of carbonyl (C=O) groups excluding carboxylic acids is 1. The van der Waals surface area contributed by atoms with E-state index in [1.165, 1.54) is 0 Å². The average molecular weight is 261 g/mol. The summed E-state index contributed by atoms with van der Waals surface area (Å²) in [6.07, 6.45) is 1.96. The zero-order chi connectivity index (χ0) is 14.0. The molecule has 1 amide bonds. The first kappa shape index (κ1) is 13.3. The number of nitrogens with zero attached hydrogens (tertiary/aromatic N) is 4. The molecule has 0 aromatic carbocycles. The minimum absolute atomic E-state index is 0.119. The zero-order valence-electron chi connectivity index (χ0n) is 11.8. The summed E-state index contributed by atoms with van der Waals surface area (Å²) in [6.45, 7) is 7.16. The predicted octanol–water partition coefficient (Wildman–Crippen LogP) is 1.18. The van der Waals surface area contributed by atoms with Crippen LogP contribution in [-0.4, -0.2) is 25.5 Å². The molecule has 2 heterocycles. The molecular weight excluding hydrogens is 242 g/mol. The van der Waals surface area contributed by atoms with Crippen LogP contribution in [0.1, 0.15) is 34.4 Å². The molecule has 6 heteroatoms. The number of hydrogen-bond donors (Lipinski definition) is 1. The molecule has 0 aliphatic carbocycles. The Bertz CT molecular complexity index is 596. The predicted molar refractivity (Wildman–Crippen MR) is 71.8 cm³/mol. The van der Waals surface area contributed by atoms with Crippen molar-refractivity contribution in [2.24, 2.45) is 7.05 Å². The maximum absolute atomic E-state index is 12.0. The summed E-state index contributed by atoms with van der Waals surface area (Å²) in [5.74, 6) is -0.119. The molecule has 0 aliphatic rings. The van der Waals surface area contributed by atoms with Crippen LogP contribution in [0, 0.1) is 13.8 Å². The molecule has 0 saturated heterocycles. The number of hydrogen-bond acceptors (Lipinski definition) is 3. The van der Waals surface area contributed by atoms with Crippen molar-refractivity contribution < 1.29 is 4.79 Å². The second-order valence-electron chi connectivity index (χ2n) is 4.57. The molecule has 2 aromatic rings. The Morgan fingerprint density at radius 3 is 2.63 bits per heavy atom. The second-order valence-corrected chi connectivity index (χ2v) is 4.57. The highest BCUT2D eigenvalue weighted by Gasteiger charge is 2.12. The van der Waals surface area contributed by atoms with Crippen molar-refractivity contribution in [3.63, 3.8) is 0 Å². The van der Waals surface area contributed by atoms with E-state index in [0.717, 1.165) is 23.5 Å². The summed E-state index contributed by atoms with van der Waals surface area (Å²) >= 11 is 0. The summed E-state index contributed by atoms with van der Waals surface area (Å²) in [5, 5.41) is 11.4. The van der Waals surface area contributed by atoms with Gasteiger partial charge in [-0.2, -0.15) is 10.2 Å². The minimum Gasteiger partial charge on any atom is -0.347 e. The van der Waals surface area contributed by atoms with E-state index in [9.17, 15) is 4.79 Å². The molecule has 1 N–H and O–H groups in total. The summed E-state index contributed by atoms with van der Waals surface area (Å²) in [4.78, 5) is 12.0. The lowest BCUT2D eigenvalue weighted by atomic mass is 10.2. The number of aryl methyl sites for hydroxylation is 4. The van der Waals surface area contributed by atoms with Gasteiger partial charge in [0, 0.05) is 31.9 Å². The normalized spacial score (nSPS) is 10.7. The first-order valence-electron chi connectivity index (χ1n) is 6.33. The van der Waals surface area contributed by atoms with Crippen molar-refractivity contribution in [3.8, 4) is 0 Å². The van der Waals surface area contributed by atoms with Crippen LogP contribution in [-0.2, 0) is 20.1 Å². The summed E-state index contributed by atoms with van der Waals surface area (Å²) < 4.78 is 3.46. The Hall–Kier alpha value is -2.11. The van der Waals surface area contributed by atoms with E-state index in [1.54, 1.807) is 17.8 Å². The summed E-state index contributed by atoms with van der Waals surface area (Å²) in [5.41, 5.74) is 3.39. The van der Waals surface area contributed by atoms with E-state index in [1.807, 2.05) is 31.6 Å². The van der Waals surface area contributed by atoms with Gasteiger partial charge in [0.05, 0.1) is 11.4 Å². The zero-order valence-corrected chi connectivity index (χ0v) is 11.8. The topological polar surface area (TPSA) is 64.7 Å². The van der Waals surface area contributed by atoms with Gasteiger partial charge in [0.25, 0.3) is 5.91 Å². The van der Waals surface area contributed by atoms with Gasteiger partial charge in [0.15, 0.2) is 0 Å². The van der Waals surface area contributed by atoms with Crippen molar-refractivity contribution in [2.45, 2.75) is 33.9 Å². The molecule has 6 nitrogen and oxygen atoms in total. The van der Waals surface area contributed by atoms with E-state index in [2.05, 4.69) is 15.5 Å². The van der Waals surface area contributed by atoms with Crippen molar-refractivity contribution in [1.82, 2.24) is 24.9 Å². The van der Waals surface area contributed by atoms with Gasteiger partial charge in [0.1, 0.15) is 5.69 Å².